The number of para-hydroxylation sites is 1. The van der Waals surface area contributed by atoms with E-state index in [0.717, 1.165) is 55.9 Å². The Balaban J connectivity index is 0.974. The van der Waals surface area contributed by atoms with Crippen LogP contribution in [0.4, 0.5) is 0 Å². The normalized spacial score (nSPS) is 11.9. The first-order valence-corrected chi connectivity index (χ1v) is 20.8. The summed E-state index contributed by atoms with van der Waals surface area (Å²) in [4.78, 5) is 10.3. The van der Waals surface area contributed by atoms with Crippen LogP contribution < -0.4 is 0 Å². The fourth-order valence-corrected chi connectivity index (χ4v) is 9.70. The molecular weight excluding hydrogens is 741 g/mol. The molecule has 3 heteroatoms. The van der Waals surface area contributed by atoms with E-state index in [0.29, 0.717) is 5.82 Å². The van der Waals surface area contributed by atoms with Crippen LogP contribution in [-0.4, -0.2) is 9.97 Å². The van der Waals surface area contributed by atoms with E-state index in [2.05, 4.69) is 170 Å². The first-order valence-electron chi connectivity index (χ1n) is 20.8. The Morgan fingerprint density at radius 2 is 0.803 bits per heavy atom. The molecule has 0 saturated carbocycles. The van der Waals surface area contributed by atoms with Crippen LogP contribution in [0, 0.1) is 0 Å². The second-order valence-electron chi connectivity index (χ2n) is 16.1. The lowest BCUT2D eigenvalue weighted by Gasteiger charge is -2.17. The number of fused-ring (bicyclic) bond motifs is 3. The fourth-order valence-electron chi connectivity index (χ4n) is 9.70. The van der Waals surface area contributed by atoms with Gasteiger partial charge in [0.15, 0.2) is 5.82 Å². The minimum atomic E-state index is 0.685. The van der Waals surface area contributed by atoms with E-state index in [4.69, 9.17) is 14.4 Å². The van der Waals surface area contributed by atoms with Crippen LogP contribution in [0.3, 0.4) is 0 Å². The summed E-state index contributed by atoms with van der Waals surface area (Å²) >= 11 is 0. The van der Waals surface area contributed by atoms with Crippen molar-refractivity contribution in [3.8, 4) is 56.4 Å². The summed E-state index contributed by atoms with van der Waals surface area (Å²) in [6.07, 6.45) is 0. The van der Waals surface area contributed by atoms with Crippen LogP contribution >= 0.6 is 0 Å². The van der Waals surface area contributed by atoms with Crippen molar-refractivity contribution in [1.82, 2.24) is 9.97 Å². The highest BCUT2D eigenvalue weighted by Gasteiger charge is 2.17. The van der Waals surface area contributed by atoms with Gasteiger partial charge in [0.05, 0.1) is 11.4 Å². The largest absolute Gasteiger partial charge is 0.456 e. The van der Waals surface area contributed by atoms with Crippen molar-refractivity contribution >= 4 is 75.6 Å². The molecule has 0 atom stereocenters. The first kappa shape index (κ1) is 33.8. The van der Waals surface area contributed by atoms with Crippen molar-refractivity contribution in [2.24, 2.45) is 0 Å². The summed E-state index contributed by atoms with van der Waals surface area (Å²) in [6.45, 7) is 0. The monoisotopic (exact) mass is 774 g/mol. The van der Waals surface area contributed by atoms with Crippen molar-refractivity contribution in [2.75, 3.05) is 0 Å². The molecule has 61 heavy (non-hydrogen) atoms. The summed E-state index contributed by atoms with van der Waals surface area (Å²) in [5, 5.41) is 16.5. The standard InChI is InChI=1S/C58H34N2O/c1-2-10-40(11-3-1)58-59-50(34-51(60-58)41-16-6-17-42(30-41)53-33-43-12-4-5-21-52(43)61-53)36-24-22-35(23-25-36)45-31-44-29-28-39-14-8-19-47-46-18-7-13-37-26-27-38-15-9-20-48(56(38)54(37)46)49(32-45)57(44)55(39)47/h1-34H. The van der Waals surface area contributed by atoms with Gasteiger partial charge in [-0.05, 0) is 112 Å². The number of rotatable bonds is 5. The third-order valence-corrected chi connectivity index (χ3v) is 12.6. The second kappa shape index (κ2) is 13.2. The number of furan rings is 1. The topological polar surface area (TPSA) is 38.9 Å². The Labute approximate surface area is 351 Å². The first-order chi connectivity index (χ1) is 30.2. The summed E-state index contributed by atoms with van der Waals surface area (Å²) < 4.78 is 6.26. The molecule has 0 radical (unpaired) electrons. The Morgan fingerprint density at radius 3 is 1.49 bits per heavy atom. The molecule has 0 fully saturated rings. The Hall–Kier alpha value is -8.14. The van der Waals surface area contributed by atoms with Gasteiger partial charge in [-0.3, -0.25) is 0 Å². The van der Waals surface area contributed by atoms with E-state index in [-0.39, 0.29) is 0 Å². The molecule has 11 aromatic carbocycles. The third kappa shape index (κ3) is 5.38. The molecule has 2 aromatic heterocycles. The number of hydrogen-bond donors (Lipinski definition) is 0. The summed E-state index contributed by atoms with van der Waals surface area (Å²) in [5.74, 6) is 1.52. The predicted molar refractivity (Wildman–Crippen MR) is 255 cm³/mol. The van der Waals surface area contributed by atoms with Crippen molar-refractivity contribution in [2.45, 2.75) is 0 Å². The van der Waals surface area contributed by atoms with E-state index < -0.39 is 0 Å². The zero-order valence-corrected chi connectivity index (χ0v) is 32.9. The SMILES string of the molecule is c1ccc(-c2nc(-c3ccc(-c4cc5ccc6cccc7c8cccc9ccc%10cccc(c(c4)c5c67)c%10c98)cc3)cc(-c3cccc(-c4cc5ccccc5o4)c3)n2)cc1. The quantitative estimate of drug-likeness (QED) is 0.164. The Kier molecular flexibility index (Phi) is 7.31. The van der Waals surface area contributed by atoms with Gasteiger partial charge in [-0.25, -0.2) is 9.97 Å². The Bertz CT molecular complexity index is 3830. The average Bonchev–Trinajstić information content (AvgIpc) is 3.77. The lowest BCUT2D eigenvalue weighted by Crippen LogP contribution is -1.96. The molecule has 13 aromatic rings. The maximum atomic E-state index is 6.26. The maximum Gasteiger partial charge on any atom is 0.160 e. The third-order valence-electron chi connectivity index (χ3n) is 12.6. The van der Waals surface area contributed by atoms with E-state index in [9.17, 15) is 0 Å². The Morgan fingerprint density at radius 1 is 0.279 bits per heavy atom. The van der Waals surface area contributed by atoms with Gasteiger partial charge in [-0.2, -0.15) is 0 Å². The summed E-state index contributed by atoms with van der Waals surface area (Å²) in [7, 11) is 0. The minimum Gasteiger partial charge on any atom is -0.456 e. The number of aromatic nitrogens is 2. The molecule has 0 aliphatic carbocycles. The molecule has 0 aliphatic rings. The van der Waals surface area contributed by atoms with Crippen LogP contribution in [0.1, 0.15) is 0 Å². The highest BCUT2D eigenvalue weighted by molar-refractivity contribution is 6.37. The number of nitrogens with zero attached hydrogens (tertiary/aromatic N) is 2. The van der Waals surface area contributed by atoms with Crippen molar-refractivity contribution < 1.29 is 4.42 Å². The van der Waals surface area contributed by atoms with Gasteiger partial charge in [0.2, 0.25) is 0 Å². The predicted octanol–water partition coefficient (Wildman–Crippen LogP) is 15.9. The van der Waals surface area contributed by atoms with Gasteiger partial charge >= 0.3 is 0 Å². The molecule has 0 unspecified atom stereocenters. The van der Waals surface area contributed by atoms with Gasteiger partial charge in [0.25, 0.3) is 0 Å². The van der Waals surface area contributed by atoms with Crippen LogP contribution in [0.5, 0.6) is 0 Å². The van der Waals surface area contributed by atoms with Crippen LogP contribution in [0.25, 0.3) is 132 Å². The lowest BCUT2D eigenvalue weighted by atomic mass is 9.86. The van der Waals surface area contributed by atoms with Gasteiger partial charge < -0.3 is 4.42 Å². The maximum absolute atomic E-state index is 6.26. The van der Waals surface area contributed by atoms with Crippen molar-refractivity contribution in [3.63, 3.8) is 0 Å². The lowest BCUT2D eigenvalue weighted by molar-refractivity contribution is 0.631. The fraction of sp³-hybridized carbons (Fsp3) is 0. The molecule has 0 amide bonds. The molecule has 3 nitrogen and oxygen atoms in total. The molecular formula is C58H34N2O. The van der Waals surface area contributed by atoms with E-state index in [1.54, 1.807) is 0 Å². The van der Waals surface area contributed by atoms with Crippen LogP contribution in [-0.2, 0) is 0 Å². The van der Waals surface area contributed by atoms with Crippen molar-refractivity contribution in [1.29, 1.82) is 0 Å². The zero-order chi connectivity index (χ0) is 40.0. The molecule has 0 N–H and O–H groups in total. The highest BCUT2D eigenvalue weighted by Crippen LogP contribution is 2.44. The van der Waals surface area contributed by atoms with Gasteiger partial charge in [0, 0.05) is 27.6 Å². The highest BCUT2D eigenvalue weighted by atomic mass is 16.3. The van der Waals surface area contributed by atoms with E-state index >= 15 is 0 Å². The van der Waals surface area contributed by atoms with Crippen molar-refractivity contribution in [3.05, 3.63) is 206 Å². The molecule has 282 valence electrons. The van der Waals surface area contributed by atoms with Gasteiger partial charge in [0.1, 0.15) is 11.3 Å². The second-order valence-corrected chi connectivity index (χ2v) is 16.1. The molecule has 13 rings (SSSR count). The molecule has 0 saturated heterocycles. The summed E-state index contributed by atoms with van der Waals surface area (Å²) in [5.41, 5.74) is 8.91. The average molecular weight is 775 g/mol. The zero-order valence-electron chi connectivity index (χ0n) is 32.9. The molecule has 2 heterocycles. The molecule has 0 spiro atoms. The van der Waals surface area contributed by atoms with Gasteiger partial charge in [-0.15, -0.1) is 0 Å². The molecule has 0 bridgehead atoms. The van der Waals surface area contributed by atoms with Crippen LogP contribution in [0.15, 0.2) is 211 Å². The van der Waals surface area contributed by atoms with Gasteiger partial charge in [-0.1, -0.05) is 170 Å². The number of hydrogen-bond acceptors (Lipinski definition) is 3. The number of benzene rings is 10. The minimum absolute atomic E-state index is 0.685. The molecule has 0 aliphatic heterocycles. The van der Waals surface area contributed by atoms with E-state index in [1.807, 2.05) is 36.4 Å². The van der Waals surface area contributed by atoms with Crippen LogP contribution in [0.2, 0.25) is 0 Å². The van der Waals surface area contributed by atoms with E-state index in [1.165, 1.54) is 70.2 Å². The smallest absolute Gasteiger partial charge is 0.160 e. The summed E-state index contributed by atoms with van der Waals surface area (Å²) in [6, 6.07) is 74.1.